The SMILES string of the molecule is CCS/C(=C\C(=O)[O-])C(=O)[O-]. The summed E-state index contributed by atoms with van der Waals surface area (Å²) in [4.78, 5) is 19.7. The van der Waals surface area contributed by atoms with E-state index in [-0.39, 0.29) is 4.91 Å². The van der Waals surface area contributed by atoms with E-state index in [2.05, 4.69) is 0 Å². The zero-order valence-electron chi connectivity index (χ0n) is 5.83. The van der Waals surface area contributed by atoms with Crippen molar-refractivity contribution in [3.8, 4) is 0 Å². The van der Waals surface area contributed by atoms with Gasteiger partial charge in [0.2, 0.25) is 0 Å². The van der Waals surface area contributed by atoms with Crippen molar-refractivity contribution in [3.05, 3.63) is 11.0 Å². The van der Waals surface area contributed by atoms with Gasteiger partial charge < -0.3 is 19.8 Å². The average molecular weight is 174 g/mol. The molecule has 0 bridgehead atoms. The van der Waals surface area contributed by atoms with E-state index in [1.54, 1.807) is 6.92 Å². The van der Waals surface area contributed by atoms with E-state index in [1.807, 2.05) is 0 Å². The second-order valence-electron chi connectivity index (χ2n) is 1.55. The van der Waals surface area contributed by atoms with Crippen molar-refractivity contribution in [2.75, 3.05) is 5.75 Å². The summed E-state index contributed by atoms with van der Waals surface area (Å²) >= 11 is 0.891. The second kappa shape index (κ2) is 4.79. The normalized spacial score (nSPS) is 11.2. The number of carbonyl (C=O) groups is 2. The Balaban J connectivity index is 4.32. The van der Waals surface area contributed by atoms with Crippen molar-refractivity contribution >= 4 is 23.7 Å². The molecular formula is C6H6O4S-2. The molecule has 0 N–H and O–H groups in total. The quantitative estimate of drug-likeness (QED) is 0.466. The maximum absolute atomic E-state index is 10.1. The van der Waals surface area contributed by atoms with Crippen LogP contribution < -0.4 is 10.2 Å². The van der Waals surface area contributed by atoms with Gasteiger partial charge in [-0.1, -0.05) is 6.92 Å². The van der Waals surface area contributed by atoms with Crippen LogP contribution in [0.1, 0.15) is 6.92 Å². The average Bonchev–Trinajstić information content (AvgIpc) is 1.86. The minimum atomic E-state index is -1.52. The highest BCUT2D eigenvalue weighted by atomic mass is 32.2. The lowest BCUT2D eigenvalue weighted by molar-refractivity contribution is -0.302. The lowest BCUT2D eigenvalue weighted by Crippen LogP contribution is -2.26. The molecule has 11 heavy (non-hydrogen) atoms. The fraction of sp³-hybridized carbons (Fsp3) is 0.333. The molecule has 0 aromatic rings. The summed E-state index contributed by atoms with van der Waals surface area (Å²) in [6.07, 6.45) is 0.517. The van der Waals surface area contributed by atoms with E-state index in [9.17, 15) is 19.8 Å². The van der Waals surface area contributed by atoms with Crippen molar-refractivity contribution < 1.29 is 19.8 Å². The molecule has 0 radical (unpaired) electrons. The van der Waals surface area contributed by atoms with Gasteiger partial charge in [-0.3, -0.25) is 0 Å². The Bertz CT molecular complexity index is 197. The van der Waals surface area contributed by atoms with Crippen LogP contribution >= 0.6 is 11.8 Å². The molecule has 62 valence electrons. The molecular weight excluding hydrogens is 168 g/mol. The number of carboxylic acid groups (broad SMARTS) is 2. The Morgan fingerprint density at radius 3 is 2.27 bits per heavy atom. The molecule has 0 atom stereocenters. The second-order valence-corrected chi connectivity index (χ2v) is 2.85. The highest BCUT2D eigenvalue weighted by Gasteiger charge is 1.96. The molecule has 0 heterocycles. The smallest absolute Gasteiger partial charge is 0.0779 e. The predicted octanol–water partition coefficient (Wildman–Crippen LogP) is -1.88. The molecule has 0 saturated heterocycles. The van der Waals surface area contributed by atoms with Crippen molar-refractivity contribution in [1.82, 2.24) is 0 Å². The highest BCUT2D eigenvalue weighted by Crippen LogP contribution is 2.12. The first kappa shape index (κ1) is 10.0. The molecule has 0 aliphatic heterocycles. The van der Waals surface area contributed by atoms with Crippen LogP contribution in [0.15, 0.2) is 11.0 Å². The fourth-order valence-electron chi connectivity index (χ4n) is 0.422. The number of hydrogen-bond acceptors (Lipinski definition) is 5. The Hall–Kier alpha value is -0.970. The molecule has 0 aliphatic rings. The van der Waals surface area contributed by atoms with Gasteiger partial charge in [0.15, 0.2) is 0 Å². The Kier molecular flexibility index (Phi) is 4.36. The lowest BCUT2D eigenvalue weighted by Gasteiger charge is -2.06. The van der Waals surface area contributed by atoms with E-state index < -0.39 is 11.9 Å². The summed E-state index contributed by atoms with van der Waals surface area (Å²) in [5.41, 5.74) is 0. The minimum Gasteiger partial charge on any atom is -0.545 e. The first-order valence-electron chi connectivity index (χ1n) is 2.84. The number of carbonyl (C=O) groups excluding carboxylic acids is 2. The molecule has 0 amide bonds. The van der Waals surface area contributed by atoms with Gasteiger partial charge in [-0.15, -0.1) is 11.8 Å². The monoisotopic (exact) mass is 174 g/mol. The summed E-state index contributed by atoms with van der Waals surface area (Å²) in [5.74, 6) is -2.53. The Morgan fingerprint density at radius 2 is 2.00 bits per heavy atom. The van der Waals surface area contributed by atoms with Crippen molar-refractivity contribution in [2.24, 2.45) is 0 Å². The summed E-state index contributed by atoms with van der Waals surface area (Å²) < 4.78 is 0. The number of aliphatic carboxylic acids is 2. The molecule has 5 heteroatoms. The molecule has 0 rings (SSSR count). The minimum absolute atomic E-state index is 0.312. The van der Waals surface area contributed by atoms with E-state index in [4.69, 9.17) is 0 Å². The Morgan fingerprint density at radius 1 is 1.45 bits per heavy atom. The summed E-state index contributed by atoms with van der Waals surface area (Å²) in [6, 6.07) is 0. The third-order valence-corrected chi connectivity index (χ3v) is 1.63. The van der Waals surface area contributed by atoms with Crippen LogP contribution in [0.2, 0.25) is 0 Å². The zero-order chi connectivity index (χ0) is 8.85. The number of hydrogen-bond donors (Lipinski definition) is 0. The number of rotatable bonds is 4. The van der Waals surface area contributed by atoms with E-state index in [0.29, 0.717) is 11.8 Å². The van der Waals surface area contributed by atoms with Crippen LogP contribution in [0.25, 0.3) is 0 Å². The zero-order valence-corrected chi connectivity index (χ0v) is 6.64. The largest absolute Gasteiger partial charge is 0.545 e. The molecule has 0 fully saturated rings. The fourth-order valence-corrected chi connectivity index (χ4v) is 1.03. The molecule has 0 unspecified atom stereocenters. The van der Waals surface area contributed by atoms with Crippen LogP contribution in [-0.2, 0) is 9.59 Å². The lowest BCUT2D eigenvalue weighted by atomic mass is 10.5. The Labute approximate surface area is 67.9 Å². The maximum atomic E-state index is 10.1. The highest BCUT2D eigenvalue weighted by molar-refractivity contribution is 8.03. The van der Waals surface area contributed by atoms with Gasteiger partial charge in [0, 0.05) is 4.91 Å². The molecule has 0 aromatic heterocycles. The summed E-state index contributed by atoms with van der Waals surface area (Å²) in [6.45, 7) is 1.71. The van der Waals surface area contributed by atoms with Gasteiger partial charge >= 0.3 is 0 Å². The van der Waals surface area contributed by atoms with Crippen LogP contribution in [0.4, 0.5) is 0 Å². The summed E-state index contributed by atoms with van der Waals surface area (Å²) in [5, 5.41) is 20.0. The topological polar surface area (TPSA) is 80.3 Å². The third-order valence-electron chi connectivity index (χ3n) is 0.750. The van der Waals surface area contributed by atoms with E-state index in [1.165, 1.54) is 0 Å². The predicted molar refractivity (Wildman–Crippen MR) is 36.2 cm³/mol. The van der Waals surface area contributed by atoms with Gasteiger partial charge in [-0.25, -0.2) is 0 Å². The van der Waals surface area contributed by atoms with E-state index in [0.717, 1.165) is 11.8 Å². The van der Waals surface area contributed by atoms with E-state index >= 15 is 0 Å². The van der Waals surface area contributed by atoms with Crippen molar-refractivity contribution in [3.63, 3.8) is 0 Å². The number of thioether (sulfide) groups is 1. The van der Waals surface area contributed by atoms with Crippen LogP contribution in [0, 0.1) is 0 Å². The molecule has 0 spiro atoms. The summed E-state index contributed by atoms with van der Waals surface area (Å²) in [7, 11) is 0. The van der Waals surface area contributed by atoms with Crippen molar-refractivity contribution in [2.45, 2.75) is 6.92 Å². The molecule has 0 saturated carbocycles. The third kappa shape index (κ3) is 4.44. The van der Waals surface area contributed by atoms with Crippen LogP contribution in [-0.4, -0.2) is 17.7 Å². The molecule has 0 aliphatic carbocycles. The number of carboxylic acids is 2. The van der Waals surface area contributed by atoms with Gasteiger partial charge in [-0.2, -0.15) is 0 Å². The molecule has 0 aromatic carbocycles. The van der Waals surface area contributed by atoms with Crippen LogP contribution in [0.5, 0.6) is 0 Å². The maximum Gasteiger partial charge on any atom is 0.0779 e. The van der Waals surface area contributed by atoms with Crippen LogP contribution in [0.3, 0.4) is 0 Å². The van der Waals surface area contributed by atoms with Crippen molar-refractivity contribution in [1.29, 1.82) is 0 Å². The van der Waals surface area contributed by atoms with Gasteiger partial charge in [-0.05, 0) is 11.8 Å². The van der Waals surface area contributed by atoms with Gasteiger partial charge in [0.1, 0.15) is 0 Å². The van der Waals surface area contributed by atoms with Gasteiger partial charge in [0.05, 0.1) is 11.9 Å². The molecule has 4 nitrogen and oxygen atoms in total. The standard InChI is InChI=1S/C6H8O4S/c1-2-11-4(6(9)10)3-5(7)8/h3H,2H2,1H3,(H,7,8)(H,9,10)/p-2/b4-3-. The first-order valence-corrected chi connectivity index (χ1v) is 3.83. The first-order chi connectivity index (χ1) is 5.07. The van der Waals surface area contributed by atoms with Gasteiger partial charge in [0.25, 0.3) is 0 Å².